The number of nitrogens with one attached hydrogen (secondary N) is 1. The van der Waals surface area contributed by atoms with Crippen LogP contribution in [0.2, 0.25) is 0 Å². The van der Waals surface area contributed by atoms with Crippen molar-refractivity contribution >= 4 is 22.4 Å². The van der Waals surface area contributed by atoms with E-state index in [9.17, 15) is 9.18 Å². The van der Waals surface area contributed by atoms with Gasteiger partial charge in [0.05, 0.1) is 17.0 Å². The second kappa shape index (κ2) is 8.15. The molecule has 1 heterocycles. The zero-order valence-corrected chi connectivity index (χ0v) is 15.7. The third kappa shape index (κ3) is 4.15. The lowest BCUT2D eigenvalue weighted by atomic mass is 10.1. The largest absolute Gasteiger partial charge is 0.302 e. The summed E-state index contributed by atoms with van der Waals surface area (Å²) in [6.07, 6.45) is 0.168. The summed E-state index contributed by atoms with van der Waals surface area (Å²) in [6, 6.07) is 25.8. The second-order valence-electron chi connectivity index (χ2n) is 6.28. The Labute approximate surface area is 166 Å². The van der Waals surface area contributed by atoms with E-state index < -0.39 is 0 Å². The van der Waals surface area contributed by atoms with Crippen LogP contribution in [0.3, 0.4) is 0 Å². The maximum atomic E-state index is 13.0. The first-order valence-corrected chi connectivity index (χ1v) is 9.66. The SMILES string of the molecule is O=C(Cc1ccc(F)cc1)Nc1nc(-c2ccccc2)c(-c2ccccc2)s1. The van der Waals surface area contributed by atoms with E-state index in [1.165, 1.54) is 23.5 Å². The maximum absolute atomic E-state index is 13.0. The lowest BCUT2D eigenvalue weighted by Gasteiger charge is -2.02. The molecule has 0 unspecified atom stereocenters. The van der Waals surface area contributed by atoms with Gasteiger partial charge in [-0.15, -0.1) is 0 Å². The van der Waals surface area contributed by atoms with Crippen LogP contribution < -0.4 is 5.32 Å². The Bertz CT molecular complexity index is 1020. The molecule has 0 fully saturated rings. The zero-order valence-electron chi connectivity index (χ0n) is 14.9. The Morgan fingerprint density at radius 3 is 2.11 bits per heavy atom. The Morgan fingerprint density at radius 2 is 1.46 bits per heavy atom. The molecular weight excluding hydrogens is 371 g/mol. The average molecular weight is 388 g/mol. The molecule has 3 aromatic carbocycles. The molecule has 5 heteroatoms. The summed E-state index contributed by atoms with van der Waals surface area (Å²) in [6.45, 7) is 0. The fourth-order valence-electron chi connectivity index (χ4n) is 2.90. The molecule has 0 aliphatic carbocycles. The van der Waals surface area contributed by atoms with E-state index >= 15 is 0 Å². The van der Waals surface area contributed by atoms with E-state index in [-0.39, 0.29) is 18.1 Å². The van der Waals surface area contributed by atoms with Gasteiger partial charge in [0.15, 0.2) is 5.13 Å². The van der Waals surface area contributed by atoms with Gasteiger partial charge in [0.1, 0.15) is 5.82 Å². The first-order chi connectivity index (χ1) is 13.7. The van der Waals surface area contributed by atoms with Crippen LogP contribution in [-0.4, -0.2) is 10.9 Å². The fourth-order valence-corrected chi connectivity index (χ4v) is 3.91. The van der Waals surface area contributed by atoms with Crippen molar-refractivity contribution in [1.29, 1.82) is 0 Å². The summed E-state index contributed by atoms with van der Waals surface area (Å²) in [5.74, 6) is -0.497. The van der Waals surface area contributed by atoms with Gasteiger partial charge in [0.2, 0.25) is 5.91 Å². The molecule has 0 radical (unpaired) electrons. The van der Waals surface area contributed by atoms with Crippen LogP contribution in [-0.2, 0) is 11.2 Å². The minimum absolute atomic E-state index is 0.168. The summed E-state index contributed by atoms with van der Waals surface area (Å²) in [4.78, 5) is 18.1. The van der Waals surface area contributed by atoms with Crippen molar-refractivity contribution < 1.29 is 9.18 Å². The third-order valence-corrected chi connectivity index (χ3v) is 5.25. The first-order valence-electron chi connectivity index (χ1n) is 8.85. The molecule has 0 saturated carbocycles. The lowest BCUT2D eigenvalue weighted by molar-refractivity contribution is -0.115. The van der Waals surface area contributed by atoms with Gasteiger partial charge in [0, 0.05) is 5.56 Å². The van der Waals surface area contributed by atoms with Gasteiger partial charge >= 0.3 is 0 Å². The van der Waals surface area contributed by atoms with Crippen molar-refractivity contribution in [3.8, 4) is 21.7 Å². The highest BCUT2D eigenvalue weighted by atomic mass is 32.1. The van der Waals surface area contributed by atoms with Crippen molar-refractivity contribution in [3.05, 3.63) is 96.3 Å². The third-order valence-electron chi connectivity index (χ3n) is 4.23. The van der Waals surface area contributed by atoms with Crippen LogP contribution in [0.1, 0.15) is 5.56 Å². The van der Waals surface area contributed by atoms with E-state index in [4.69, 9.17) is 0 Å². The van der Waals surface area contributed by atoms with E-state index in [1.54, 1.807) is 12.1 Å². The van der Waals surface area contributed by atoms with Crippen LogP contribution in [0.4, 0.5) is 9.52 Å². The number of thiazole rings is 1. The highest BCUT2D eigenvalue weighted by Crippen LogP contribution is 2.38. The van der Waals surface area contributed by atoms with Gasteiger partial charge in [-0.25, -0.2) is 9.37 Å². The topological polar surface area (TPSA) is 42.0 Å². The Hall–Kier alpha value is -3.31. The molecule has 138 valence electrons. The predicted molar refractivity (Wildman–Crippen MR) is 112 cm³/mol. The monoisotopic (exact) mass is 388 g/mol. The molecule has 0 aliphatic rings. The van der Waals surface area contributed by atoms with Crippen LogP contribution >= 0.6 is 11.3 Å². The van der Waals surface area contributed by atoms with Gasteiger partial charge in [-0.1, -0.05) is 84.1 Å². The summed E-state index contributed by atoms with van der Waals surface area (Å²) in [5, 5.41) is 3.43. The number of benzene rings is 3. The summed E-state index contributed by atoms with van der Waals surface area (Å²) in [5.41, 5.74) is 3.64. The van der Waals surface area contributed by atoms with Crippen LogP contribution in [0.15, 0.2) is 84.9 Å². The van der Waals surface area contributed by atoms with E-state index in [1.807, 2.05) is 60.7 Å². The molecule has 1 N–H and O–H groups in total. The molecule has 0 aliphatic heterocycles. The number of rotatable bonds is 5. The standard InChI is InChI=1S/C23H17FN2OS/c24-19-13-11-16(12-14-19)15-20(27)25-23-26-21(17-7-3-1-4-8-17)22(28-23)18-9-5-2-6-10-18/h1-14H,15H2,(H,25,26,27). The van der Waals surface area contributed by atoms with Crippen molar-refractivity contribution in [2.45, 2.75) is 6.42 Å². The van der Waals surface area contributed by atoms with Crippen molar-refractivity contribution in [3.63, 3.8) is 0 Å². The molecule has 4 rings (SSSR count). The highest BCUT2D eigenvalue weighted by Gasteiger charge is 2.16. The molecule has 1 aromatic heterocycles. The molecular formula is C23H17FN2OS. The molecule has 0 atom stereocenters. The minimum Gasteiger partial charge on any atom is -0.302 e. The predicted octanol–water partition coefficient (Wildman–Crippen LogP) is 5.80. The van der Waals surface area contributed by atoms with Gasteiger partial charge in [-0.3, -0.25) is 4.79 Å². The van der Waals surface area contributed by atoms with Gasteiger partial charge < -0.3 is 5.32 Å². The smallest absolute Gasteiger partial charge is 0.230 e. The Kier molecular flexibility index (Phi) is 5.26. The van der Waals surface area contributed by atoms with Gasteiger partial charge in [0.25, 0.3) is 0 Å². The number of hydrogen-bond donors (Lipinski definition) is 1. The average Bonchev–Trinajstić information content (AvgIpc) is 3.15. The van der Waals surface area contributed by atoms with Crippen LogP contribution in [0.25, 0.3) is 21.7 Å². The molecule has 0 spiro atoms. The first kappa shape index (κ1) is 18.1. The fraction of sp³-hybridized carbons (Fsp3) is 0.0435. The van der Waals surface area contributed by atoms with E-state index in [0.717, 1.165) is 27.3 Å². The molecule has 3 nitrogen and oxygen atoms in total. The summed E-state index contributed by atoms with van der Waals surface area (Å²) >= 11 is 1.45. The van der Waals surface area contributed by atoms with E-state index in [0.29, 0.717) is 5.13 Å². The highest BCUT2D eigenvalue weighted by molar-refractivity contribution is 7.19. The second-order valence-corrected chi connectivity index (χ2v) is 7.28. The number of anilines is 1. The maximum Gasteiger partial charge on any atom is 0.230 e. The van der Waals surface area contributed by atoms with Crippen molar-refractivity contribution in [2.24, 2.45) is 0 Å². The summed E-state index contributed by atoms with van der Waals surface area (Å²) in [7, 11) is 0. The molecule has 1 amide bonds. The van der Waals surface area contributed by atoms with Gasteiger partial charge in [-0.05, 0) is 23.3 Å². The number of amides is 1. The van der Waals surface area contributed by atoms with Crippen molar-refractivity contribution in [2.75, 3.05) is 5.32 Å². The van der Waals surface area contributed by atoms with Crippen LogP contribution in [0, 0.1) is 5.82 Å². The zero-order chi connectivity index (χ0) is 19.3. The van der Waals surface area contributed by atoms with Crippen LogP contribution in [0.5, 0.6) is 0 Å². The molecule has 28 heavy (non-hydrogen) atoms. The normalized spacial score (nSPS) is 10.6. The van der Waals surface area contributed by atoms with Gasteiger partial charge in [-0.2, -0.15) is 0 Å². The number of carbonyl (C=O) groups is 1. The van der Waals surface area contributed by atoms with Crippen molar-refractivity contribution in [1.82, 2.24) is 4.98 Å². The Balaban J connectivity index is 1.62. The number of aromatic nitrogens is 1. The quantitative estimate of drug-likeness (QED) is 0.470. The number of nitrogens with zero attached hydrogens (tertiary/aromatic N) is 1. The number of hydrogen-bond acceptors (Lipinski definition) is 3. The molecule has 0 bridgehead atoms. The lowest BCUT2D eigenvalue weighted by Crippen LogP contribution is -2.14. The number of carbonyl (C=O) groups excluding carboxylic acids is 1. The summed E-state index contributed by atoms with van der Waals surface area (Å²) < 4.78 is 13.0. The number of halogens is 1. The molecule has 0 saturated heterocycles. The van der Waals surface area contributed by atoms with E-state index in [2.05, 4.69) is 10.3 Å². The molecule has 4 aromatic rings. The Morgan fingerprint density at radius 1 is 0.857 bits per heavy atom. The minimum atomic E-state index is -0.316.